The molecular formula is C11H17N3O. The Morgan fingerprint density at radius 1 is 1.53 bits per heavy atom. The van der Waals surface area contributed by atoms with Crippen molar-refractivity contribution in [3.8, 4) is 5.75 Å². The maximum absolute atomic E-state index is 5.99. The molecule has 0 radical (unpaired) electrons. The first kappa shape index (κ1) is 10.2. The van der Waals surface area contributed by atoms with Gasteiger partial charge < -0.3 is 15.4 Å². The summed E-state index contributed by atoms with van der Waals surface area (Å²) in [6.07, 6.45) is 1.78. The molecule has 2 N–H and O–H groups in total. The fraction of sp³-hybridized carbons (Fsp3) is 0.545. The van der Waals surface area contributed by atoms with E-state index in [0.717, 1.165) is 24.7 Å². The van der Waals surface area contributed by atoms with Crippen LogP contribution in [0.15, 0.2) is 18.3 Å². The highest BCUT2D eigenvalue weighted by molar-refractivity contribution is 5.53. The van der Waals surface area contributed by atoms with Crippen molar-refractivity contribution in [2.24, 2.45) is 11.7 Å². The molecule has 15 heavy (non-hydrogen) atoms. The number of hydrogen-bond acceptors (Lipinski definition) is 4. The normalized spacial score (nSPS) is 25.7. The number of rotatable bonds is 2. The van der Waals surface area contributed by atoms with Gasteiger partial charge in [-0.25, -0.2) is 4.98 Å². The lowest BCUT2D eigenvalue weighted by molar-refractivity contribution is 0.413. The number of anilines is 1. The lowest BCUT2D eigenvalue weighted by Crippen LogP contribution is -2.28. The Hall–Kier alpha value is -1.29. The van der Waals surface area contributed by atoms with E-state index in [1.54, 1.807) is 13.3 Å². The number of aromatic nitrogens is 1. The Morgan fingerprint density at radius 2 is 2.33 bits per heavy atom. The average molecular weight is 207 g/mol. The molecule has 2 atom stereocenters. The molecule has 4 heteroatoms. The fourth-order valence-corrected chi connectivity index (χ4v) is 1.94. The van der Waals surface area contributed by atoms with Crippen molar-refractivity contribution in [1.82, 2.24) is 4.98 Å². The van der Waals surface area contributed by atoms with Gasteiger partial charge in [0, 0.05) is 25.3 Å². The number of pyridine rings is 1. The molecule has 1 fully saturated rings. The van der Waals surface area contributed by atoms with Crippen molar-refractivity contribution in [2.75, 3.05) is 25.1 Å². The molecule has 1 aliphatic heterocycles. The molecule has 1 saturated heterocycles. The van der Waals surface area contributed by atoms with Crippen LogP contribution in [-0.2, 0) is 0 Å². The van der Waals surface area contributed by atoms with Gasteiger partial charge in [-0.3, -0.25) is 0 Å². The quantitative estimate of drug-likeness (QED) is 0.782. The Morgan fingerprint density at radius 3 is 2.93 bits per heavy atom. The lowest BCUT2D eigenvalue weighted by atomic mass is 10.1. The van der Waals surface area contributed by atoms with Crippen LogP contribution in [0.5, 0.6) is 5.75 Å². The second kappa shape index (κ2) is 4.06. The van der Waals surface area contributed by atoms with Gasteiger partial charge in [-0.15, -0.1) is 0 Å². The van der Waals surface area contributed by atoms with Crippen molar-refractivity contribution in [1.29, 1.82) is 0 Å². The molecule has 0 saturated carbocycles. The van der Waals surface area contributed by atoms with Crippen LogP contribution in [0.4, 0.5) is 5.82 Å². The summed E-state index contributed by atoms with van der Waals surface area (Å²) in [5.41, 5.74) is 5.99. The Labute approximate surface area is 90.0 Å². The molecule has 2 unspecified atom stereocenters. The molecule has 1 aromatic heterocycles. The highest BCUT2D eigenvalue weighted by atomic mass is 16.5. The number of ether oxygens (including phenoxy) is 1. The van der Waals surface area contributed by atoms with Gasteiger partial charge in [-0.05, 0) is 18.1 Å². The van der Waals surface area contributed by atoms with Crippen LogP contribution in [0.3, 0.4) is 0 Å². The Balaban J connectivity index is 2.23. The third kappa shape index (κ3) is 1.90. The smallest absolute Gasteiger partial charge is 0.171 e. The van der Waals surface area contributed by atoms with Crippen LogP contribution in [0, 0.1) is 5.92 Å². The summed E-state index contributed by atoms with van der Waals surface area (Å²) in [4.78, 5) is 6.53. The van der Waals surface area contributed by atoms with E-state index in [2.05, 4.69) is 16.8 Å². The molecule has 1 aliphatic rings. The minimum atomic E-state index is 0.233. The van der Waals surface area contributed by atoms with E-state index in [1.807, 2.05) is 12.1 Å². The van der Waals surface area contributed by atoms with Crippen LogP contribution in [0.25, 0.3) is 0 Å². The summed E-state index contributed by atoms with van der Waals surface area (Å²) in [5, 5.41) is 0. The molecule has 0 amide bonds. The van der Waals surface area contributed by atoms with Crippen LogP contribution in [0.2, 0.25) is 0 Å². The summed E-state index contributed by atoms with van der Waals surface area (Å²) in [6, 6.07) is 4.04. The number of methoxy groups -OCH3 is 1. The summed E-state index contributed by atoms with van der Waals surface area (Å²) < 4.78 is 5.28. The van der Waals surface area contributed by atoms with Crippen LogP contribution in [0.1, 0.15) is 6.92 Å². The first-order chi connectivity index (χ1) is 7.22. The van der Waals surface area contributed by atoms with E-state index in [1.165, 1.54) is 0 Å². The van der Waals surface area contributed by atoms with Crippen molar-refractivity contribution in [3.63, 3.8) is 0 Å². The van der Waals surface area contributed by atoms with E-state index in [9.17, 15) is 0 Å². The maximum Gasteiger partial charge on any atom is 0.171 e. The van der Waals surface area contributed by atoms with Crippen molar-refractivity contribution >= 4 is 5.82 Å². The maximum atomic E-state index is 5.99. The highest BCUT2D eigenvalue weighted by Gasteiger charge is 2.28. The van der Waals surface area contributed by atoms with Crippen molar-refractivity contribution < 1.29 is 4.74 Å². The van der Waals surface area contributed by atoms with Crippen molar-refractivity contribution in [3.05, 3.63) is 18.3 Å². The second-order valence-corrected chi connectivity index (χ2v) is 4.08. The van der Waals surface area contributed by atoms with Crippen molar-refractivity contribution in [2.45, 2.75) is 13.0 Å². The molecule has 82 valence electrons. The van der Waals surface area contributed by atoms with Gasteiger partial charge in [-0.2, -0.15) is 0 Å². The van der Waals surface area contributed by atoms with E-state index in [4.69, 9.17) is 10.5 Å². The number of nitrogens with zero attached hydrogens (tertiary/aromatic N) is 2. The fourth-order valence-electron chi connectivity index (χ4n) is 1.94. The topological polar surface area (TPSA) is 51.4 Å². The predicted octanol–water partition coefficient (Wildman–Crippen LogP) is 0.874. The third-order valence-corrected chi connectivity index (χ3v) is 2.94. The van der Waals surface area contributed by atoms with Gasteiger partial charge in [0.25, 0.3) is 0 Å². The first-order valence-electron chi connectivity index (χ1n) is 5.22. The zero-order valence-corrected chi connectivity index (χ0v) is 9.18. The van der Waals surface area contributed by atoms with Crippen LogP contribution < -0.4 is 15.4 Å². The monoisotopic (exact) mass is 207 g/mol. The molecule has 0 aromatic carbocycles. The molecule has 4 nitrogen and oxygen atoms in total. The summed E-state index contributed by atoms with van der Waals surface area (Å²) in [7, 11) is 1.67. The Kier molecular flexibility index (Phi) is 2.77. The lowest BCUT2D eigenvalue weighted by Gasteiger charge is -2.19. The SMILES string of the molecule is COc1cccnc1N1CC(C)C(N)C1. The zero-order chi connectivity index (χ0) is 10.8. The summed E-state index contributed by atoms with van der Waals surface area (Å²) in [6.45, 7) is 3.98. The summed E-state index contributed by atoms with van der Waals surface area (Å²) in [5.74, 6) is 2.23. The molecule has 0 spiro atoms. The Bertz CT molecular complexity index is 332. The van der Waals surface area contributed by atoms with Crippen LogP contribution in [-0.4, -0.2) is 31.2 Å². The van der Waals surface area contributed by atoms with E-state index < -0.39 is 0 Å². The van der Waals surface area contributed by atoms with E-state index >= 15 is 0 Å². The molecule has 1 aromatic rings. The predicted molar refractivity (Wildman–Crippen MR) is 60.1 cm³/mol. The van der Waals surface area contributed by atoms with Gasteiger partial charge in [-0.1, -0.05) is 6.92 Å². The molecule has 2 heterocycles. The minimum Gasteiger partial charge on any atom is -0.493 e. The average Bonchev–Trinajstić information content (AvgIpc) is 2.59. The second-order valence-electron chi connectivity index (χ2n) is 4.08. The van der Waals surface area contributed by atoms with Gasteiger partial charge in [0.05, 0.1) is 7.11 Å². The zero-order valence-electron chi connectivity index (χ0n) is 9.18. The third-order valence-electron chi connectivity index (χ3n) is 2.94. The van der Waals surface area contributed by atoms with Crippen LogP contribution >= 0.6 is 0 Å². The molecule has 0 aliphatic carbocycles. The number of hydrogen-bond donors (Lipinski definition) is 1. The minimum absolute atomic E-state index is 0.233. The highest BCUT2D eigenvalue weighted by Crippen LogP contribution is 2.28. The summed E-state index contributed by atoms with van der Waals surface area (Å²) >= 11 is 0. The van der Waals surface area contributed by atoms with Gasteiger partial charge in [0.2, 0.25) is 0 Å². The van der Waals surface area contributed by atoms with Gasteiger partial charge >= 0.3 is 0 Å². The standard InChI is InChI=1S/C11H17N3O/c1-8-6-14(7-9(8)12)11-10(15-2)4-3-5-13-11/h3-5,8-9H,6-7,12H2,1-2H3. The molecule has 0 bridgehead atoms. The van der Waals surface area contributed by atoms with Gasteiger partial charge in [0.15, 0.2) is 11.6 Å². The first-order valence-corrected chi connectivity index (χ1v) is 5.22. The largest absolute Gasteiger partial charge is 0.493 e. The molecule has 2 rings (SSSR count). The van der Waals surface area contributed by atoms with Gasteiger partial charge in [0.1, 0.15) is 0 Å². The van der Waals surface area contributed by atoms with E-state index in [-0.39, 0.29) is 6.04 Å². The molecular weight excluding hydrogens is 190 g/mol. The van der Waals surface area contributed by atoms with E-state index in [0.29, 0.717) is 5.92 Å². The number of nitrogens with two attached hydrogens (primary N) is 1.